The molecular weight excluding hydrogens is 440 g/mol. The summed E-state index contributed by atoms with van der Waals surface area (Å²) in [4.78, 5) is 18.2. The Morgan fingerprint density at radius 2 is 1.74 bits per heavy atom. The van der Waals surface area contributed by atoms with Gasteiger partial charge < -0.3 is 14.3 Å². The Morgan fingerprint density at radius 1 is 1.03 bits per heavy atom. The van der Waals surface area contributed by atoms with Crippen LogP contribution in [-0.4, -0.2) is 34.6 Å². The molecule has 1 aliphatic rings. The molecule has 0 bridgehead atoms. The smallest absolute Gasteiger partial charge is 0.341 e. The molecule has 0 saturated heterocycles. The van der Waals surface area contributed by atoms with Gasteiger partial charge in [-0.15, -0.1) is 0 Å². The molecule has 1 aliphatic carbocycles. The van der Waals surface area contributed by atoms with E-state index in [2.05, 4.69) is 18.0 Å². The maximum atomic E-state index is 11.0. The van der Waals surface area contributed by atoms with Crippen molar-refractivity contribution in [2.45, 2.75) is 31.8 Å². The van der Waals surface area contributed by atoms with Gasteiger partial charge in [0.05, 0.1) is 6.54 Å². The standard InChI is InChI=1S/C29H28N2O4/c1-31(24-16-8-15-23-22(24)14-9-17-25(23)34-19-27(32)33)18-26-30-28(20-10-4-2-5-11-20)29(35-26)21-12-6-3-7-13-21/h2-7,9-14,17,24H,8,15-16,18-19H2,1H3,(H,32,33). The molecule has 6 nitrogen and oxygen atoms in total. The summed E-state index contributed by atoms with van der Waals surface area (Å²) >= 11 is 0. The van der Waals surface area contributed by atoms with Crippen molar-refractivity contribution in [1.29, 1.82) is 0 Å². The molecule has 1 N–H and O–H groups in total. The lowest BCUT2D eigenvalue weighted by molar-refractivity contribution is -0.139. The van der Waals surface area contributed by atoms with Crippen molar-refractivity contribution in [2.24, 2.45) is 0 Å². The lowest BCUT2D eigenvalue weighted by Gasteiger charge is -2.33. The van der Waals surface area contributed by atoms with Crippen LogP contribution >= 0.6 is 0 Å². The summed E-state index contributed by atoms with van der Waals surface area (Å²) in [6.45, 7) is 0.217. The van der Waals surface area contributed by atoms with Crippen LogP contribution in [0.3, 0.4) is 0 Å². The van der Waals surface area contributed by atoms with Gasteiger partial charge in [0, 0.05) is 17.2 Å². The summed E-state index contributed by atoms with van der Waals surface area (Å²) in [5.41, 5.74) is 5.13. The molecule has 1 atom stereocenters. The molecule has 0 radical (unpaired) electrons. The van der Waals surface area contributed by atoms with Crippen LogP contribution < -0.4 is 4.74 Å². The van der Waals surface area contributed by atoms with E-state index < -0.39 is 5.97 Å². The van der Waals surface area contributed by atoms with E-state index in [0.29, 0.717) is 18.2 Å². The van der Waals surface area contributed by atoms with Crippen molar-refractivity contribution in [1.82, 2.24) is 9.88 Å². The van der Waals surface area contributed by atoms with Crippen molar-refractivity contribution >= 4 is 5.97 Å². The maximum absolute atomic E-state index is 11.0. The molecule has 0 amide bonds. The van der Waals surface area contributed by atoms with Gasteiger partial charge >= 0.3 is 5.97 Å². The highest BCUT2D eigenvalue weighted by molar-refractivity contribution is 5.76. The number of nitrogens with zero attached hydrogens (tertiary/aromatic N) is 2. The van der Waals surface area contributed by atoms with Gasteiger partial charge in [0.2, 0.25) is 5.89 Å². The Kier molecular flexibility index (Phi) is 6.64. The molecule has 6 heteroatoms. The first kappa shape index (κ1) is 22.9. The van der Waals surface area contributed by atoms with Gasteiger partial charge in [0.25, 0.3) is 0 Å². The van der Waals surface area contributed by atoms with Crippen LogP contribution in [0.1, 0.15) is 35.9 Å². The summed E-state index contributed by atoms with van der Waals surface area (Å²) in [7, 11) is 2.08. The number of carboxylic acid groups (broad SMARTS) is 1. The predicted octanol–water partition coefficient (Wildman–Crippen LogP) is 5.98. The molecule has 1 heterocycles. The first-order chi connectivity index (χ1) is 17.1. The molecule has 1 unspecified atom stereocenters. The van der Waals surface area contributed by atoms with Gasteiger partial charge in [-0.1, -0.05) is 72.8 Å². The zero-order valence-corrected chi connectivity index (χ0v) is 19.7. The third-order valence-electron chi connectivity index (χ3n) is 6.46. The van der Waals surface area contributed by atoms with Gasteiger partial charge in [-0.05, 0) is 43.5 Å². The maximum Gasteiger partial charge on any atom is 0.341 e. The van der Waals surface area contributed by atoms with Crippen LogP contribution in [0.25, 0.3) is 22.6 Å². The Morgan fingerprint density at radius 3 is 2.46 bits per heavy atom. The van der Waals surface area contributed by atoms with Crippen molar-refractivity contribution in [3.63, 3.8) is 0 Å². The number of hydrogen-bond donors (Lipinski definition) is 1. The number of aromatic nitrogens is 1. The molecule has 4 aromatic rings. The molecule has 35 heavy (non-hydrogen) atoms. The number of rotatable bonds is 8. The molecular formula is C29H28N2O4. The van der Waals surface area contributed by atoms with Crippen molar-refractivity contribution in [3.05, 3.63) is 95.9 Å². The summed E-state index contributed by atoms with van der Waals surface area (Å²) < 4.78 is 11.9. The second kappa shape index (κ2) is 10.2. The Hall–Kier alpha value is -3.90. The van der Waals surface area contributed by atoms with Crippen LogP contribution in [0.2, 0.25) is 0 Å². The van der Waals surface area contributed by atoms with Gasteiger partial charge in [-0.25, -0.2) is 9.78 Å². The second-order valence-corrected chi connectivity index (χ2v) is 8.85. The SMILES string of the molecule is CN(Cc1nc(-c2ccccc2)c(-c2ccccc2)o1)C1CCCc2c(OCC(=O)O)cccc21. The van der Waals surface area contributed by atoms with E-state index in [1.165, 1.54) is 5.56 Å². The van der Waals surface area contributed by atoms with E-state index in [9.17, 15) is 4.79 Å². The molecule has 178 valence electrons. The summed E-state index contributed by atoms with van der Waals surface area (Å²) in [6.07, 6.45) is 2.89. The summed E-state index contributed by atoms with van der Waals surface area (Å²) in [5, 5.41) is 9.02. The highest BCUT2D eigenvalue weighted by Gasteiger charge is 2.27. The largest absolute Gasteiger partial charge is 0.482 e. The quantitative estimate of drug-likeness (QED) is 0.343. The van der Waals surface area contributed by atoms with E-state index in [0.717, 1.165) is 47.4 Å². The molecule has 0 fully saturated rings. The summed E-state index contributed by atoms with van der Waals surface area (Å²) in [6, 6.07) is 26.3. The van der Waals surface area contributed by atoms with Gasteiger partial charge in [0.15, 0.2) is 12.4 Å². The lowest BCUT2D eigenvalue weighted by atomic mass is 9.86. The highest BCUT2D eigenvalue weighted by Crippen LogP contribution is 2.39. The molecule has 3 aromatic carbocycles. The summed E-state index contributed by atoms with van der Waals surface area (Å²) in [5.74, 6) is 1.13. The van der Waals surface area contributed by atoms with E-state index >= 15 is 0 Å². The third kappa shape index (κ3) is 4.98. The minimum absolute atomic E-state index is 0.166. The minimum Gasteiger partial charge on any atom is -0.482 e. The van der Waals surface area contributed by atoms with Crippen LogP contribution in [0.4, 0.5) is 0 Å². The fourth-order valence-electron chi connectivity index (χ4n) is 4.86. The first-order valence-corrected chi connectivity index (χ1v) is 11.9. The van der Waals surface area contributed by atoms with Crippen molar-refractivity contribution < 1.29 is 19.1 Å². The normalized spacial score (nSPS) is 15.1. The Balaban J connectivity index is 1.43. The van der Waals surface area contributed by atoms with Crippen molar-refractivity contribution in [3.8, 4) is 28.3 Å². The average Bonchev–Trinajstić information content (AvgIpc) is 3.31. The van der Waals surface area contributed by atoms with E-state index in [1.807, 2.05) is 72.8 Å². The number of oxazole rings is 1. The number of benzene rings is 3. The monoisotopic (exact) mass is 468 g/mol. The third-order valence-corrected chi connectivity index (χ3v) is 6.46. The van der Waals surface area contributed by atoms with Crippen LogP contribution in [-0.2, 0) is 17.8 Å². The van der Waals surface area contributed by atoms with Gasteiger partial charge in [0.1, 0.15) is 11.4 Å². The van der Waals surface area contributed by atoms with E-state index in [-0.39, 0.29) is 12.6 Å². The van der Waals surface area contributed by atoms with E-state index in [4.69, 9.17) is 19.2 Å². The average molecular weight is 469 g/mol. The number of fused-ring (bicyclic) bond motifs is 1. The highest BCUT2D eigenvalue weighted by atomic mass is 16.5. The molecule has 0 spiro atoms. The number of carbonyl (C=O) groups is 1. The zero-order chi connectivity index (χ0) is 24.2. The Bertz CT molecular complexity index is 1240. The Labute approximate surface area is 204 Å². The minimum atomic E-state index is -0.973. The molecule has 0 saturated carbocycles. The van der Waals surface area contributed by atoms with Crippen molar-refractivity contribution in [2.75, 3.05) is 13.7 Å². The first-order valence-electron chi connectivity index (χ1n) is 11.9. The van der Waals surface area contributed by atoms with Gasteiger partial charge in [-0.3, -0.25) is 4.90 Å². The van der Waals surface area contributed by atoms with E-state index in [1.54, 1.807) is 0 Å². The molecule has 5 rings (SSSR count). The zero-order valence-electron chi connectivity index (χ0n) is 19.7. The van der Waals surface area contributed by atoms with Crippen LogP contribution in [0, 0.1) is 0 Å². The topological polar surface area (TPSA) is 75.8 Å². The van der Waals surface area contributed by atoms with Gasteiger partial charge in [-0.2, -0.15) is 0 Å². The number of aliphatic carboxylic acids is 1. The molecule has 1 aromatic heterocycles. The second-order valence-electron chi connectivity index (χ2n) is 8.85. The fraction of sp³-hybridized carbons (Fsp3) is 0.241. The van der Waals surface area contributed by atoms with Crippen LogP contribution in [0.15, 0.2) is 83.3 Å². The molecule has 0 aliphatic heterocycles. The van der Waals surface area contributed by atoms with Crippen LogP contribution in [0.5, 0.6) is 5.75 Å². The number of carboxylic acids is 1. The number of ether oxygens (including phenoxy) is 1. The predicted molar refractivity (Wildman–Crippen MR) is 134 cm³/mol. The fourth-order valence-corrected chi connectivity index (χ4v) is 4.86. The number of hydrogen-bond acceptors (Lipinski definition) is 5. The lowest BCUT2D eigenvalue weighted by Crippen LogP contribution is -2.28.